The van der Waals surface area contributed by atoms with Crippen LogP contribution < -0.4 is 4.90 Å². The van der Waals surface area contributed by atoms with Gasteiger partial charge in [0.25, 0.3) is 0 Å². The normalized spacial score (nSPS) is 20.6. The summed E-state index contributed by atoms with van der Waals surface area (Å²) in [6.07, 6.45) is 1.60. The minimum Gasteiger partial charge on any atom is -0.464 e. The van der Waals surface area contributed by atoms with Crippen LogP contribution in [-0.4, -0.2) is 43.2 Å². The Morgan fingerprint density at radius 1 is 1.50 bits per heavy atom. The van der Waals surface area contributed by atoms with Crippen molar-refractivity contribution < 1.29 is 19.1 Å². The Kier molecular flexibility index (Phi) is 2.79. The summed E-state index contributed by atoms with van der Waals surface area (Å²) in [6, 6.07) is 1.67. The number of carbonyl (C=O) groups is 2. The molecule has 1 aromatic heterocycles. The molecule has 0 N–H and O–H groups in total. The number of ether oxygens (including phenoxy) is 2. The van der Waals surface area contributed by atoms with Gasteiger partial charge >= 0.3 is 5.97 Å². The van der Waals surface area contributed by atoms with Gasteiger partial charge in [0.05, 0.1) is 37.5 Å². The van der Waals surface area contributed by atoms with E-state index in [9.17, 15) is 9.59 Å². The lowest BCUT2D eigenvalue weighted by Crippen LogP contribution is -2.52. The number of nitrogens with zero attached hydrogens (tertiary/aromatic N) is 2. The molecule has 0 aliphatic carbocycles. The van der Waals surface area contributed by atoms with Crippen molar-refractivity contribution in [3.63, 3.8) is 0 Å². The van der Waals surface area contributed by atoms with Gasteiger partial charge in [-0.05, 0) is 19.9 Å². The quantitative estimate of drug-likeness (QED) is 0.750. The second-order valence-electron chi connectivity index (χ2n) is 5.57. The zero-order valence-electron chi connectivity index (χ0n) is 11.7. The number of fused-ring (bicyclic) bond motifs is 1. The lowest BCUT2D eigenvalue weighted by molar-refractivity contribution is -0.124. The predicted octanol–water partition coefficient (Wildman–Crippen LogP) is 0.891. The van der Waals surface area contributed by atoms with Crippen LogP contribution in [0.5, 0.6) is 0 Å². The van der Waals surface area contributed by atoms with E-state index >= 15 is 0 Å². The number of pyridine rings is 1. The summed E-state index contributed by atoms with van der Waals surface area (Å²) in [6.45, 7) is 4.79. The summed E-state index contributed by atoms with van der Waals surface area (Å²) in [5.41, 5.74) is 1.15. The third-order valence-electron chi connectivity index (χ3n) is 3.95. The van der Waals surface area contributed by atoms with Gasteiger partial charge in [-0.1, -0.05) is 0 Å². The first kappa shape index (κ1) is 13.1. The van der Waals surface area contributed by atoms with E-state index in [1.54, 1.807) is 17.2 Å². The maximum Gasteiger partial charge on any atom is 0.356 e. The molecule has 1 saturated heterocycles. The largest absolute Gasteiger partial charge is 0.464 e. The van der Waals surface area contributed by atoms with Gasteiger partial charge < -0.3 is 14.4 Å². The number of anilines is 1. The molecule has 3 rings (SSSR count). The zero-order valence-corrected chi connectivity index (χ0v) is 11.7. The van der Waals surface area contributed by atoms with E-state index in [1.807, 2.05) is 13.8 Å². The average molecular weight is 276 g/mol. The van der Waals surface area contributed by atoms with Gasteiger partial charge in [-0.25, -0.2) is 9.78 Å². The summed E-state index contributed by atoms with van der Waals surface area (Å²) >= 11 is 0. The summed E-state index contributed by atoms with van der Waals surface area (Å²) in [5.74, 6) is -0.487. The van der Waals surface area contributed by atoms with Crippen molar-refractivity contribution in [2.24, 2.45) is 0 Å². The average Bonchev–Trinajstić information content (AvgIpc) is 2.57. The van der Waals surface area contributed by atoms with E-state index in [-0.39, 0.29) is 17.6 Å². The van der Waals surface area contributed by atoms with Crippen LogP contribution in [0.15, 0.2) is 12.3 Å². The van der Waals surface area contributed by atoms with Crippen LogP contribution in [0.4, 0.5) is 5.69 Å². The second kappa shape index (κ2) is 4.28. The van der Waals surface area contributed by atoms with Gasteiger partial charge in [-0.2, -0.15) is 0 Å². The van der Waals surface area contributed by atoms with Gasteiger partial charge in [0.15, 0.2) is 0 Å². The highest BCUT2D eigenvalue weighted by Crippen LogP contribution is 2.43. The first-order valence-electron chi connectivity index (χ1n) is 6.47. The summed E-state index contributed by atoms with van der Waals surface area (Å²) in [5, 5.41) is 0. The Hall–Kier alpha value is -1.95. The van der Waals surface area contributed by atoms with Crippen molar-refractivity contribution in [3.8, 4) is 0 Å². The van der Waals surface area contributed by atoms with Crippen LogP contribution in [0.2, 0.25) is 0 Å². The minimum absolute atomic E-state index is 0.0182. The molecule has 2 aliphatic heterocycles. The smallest absolute Gasteiger partial charge is 0.356 e. The van der Waals surface area contributed by atoms with Gasteiger partial charge in [0.2, 0.25) is 5.91 Å². The van der Waals surface area contributed by atoms with Gasteiger partial charge in [-0.3, -0.25) is 4.79 Å². The molecule has 1 aromatic rings. The molecule has 3 heterocycles. The molecule has 6 nitrogen and oxygen atoms in total. The Morgan fingerprint density at radius 2 is 2.20 bits per heavy atom. The van der Waals surface area contributed by atoms with E-state index < -0.39 is 11.4 Å². The maximum absolute atomic E-state index is 12.6. The number of hydrogen-bond acceptors (Lipinski definition) is 5. The van der Waals surface area contributed by atoms with Crippen LogP contribution in [0, 0.1) is 0 Å². The molecule has 0 saturated carbocycles. The third-order valence-corrected chi connectivity index (χ3v) is 3.95. The number of esters is 1. The van der Waals surface area contributed by atoms with Crippen LogP contribution >= 0.6 is 0 Å². The Labute approximate surface area is 116 Å². The van der Waals surface area contributed by atoms with Crippen LogP contribution in [0.25, 0.3) is 0 Å². The van der Waals surface area contributed by atoms with Crippen molar-refractivity contribution in [1.82, 2.24) is 4.98 Å². The highest BCUT2D eigenvalue weighted by Gasteiger charge is 2.48. The van der Waals surface area contributed by atoms with Crippen molar-refractivity contribution >= 4 is 17.6 Å². The lowest BCUT2D eigenvalue weighted by Gasteiger charge is -2.35. The highest BCUT2D eigenvalue weighted by atomic mass is 16.5. The molecule has 0 bridgehead atoms. The number of hydrogen-bond donors (Lipinski definition) is 0. The molecule has 106 valence electrons. The molecular formula is C14H16N2O4. The van der Waals surface area contributed by atoms with Crippen LogP contribution in [0.3, 0.4) is 0 Å². The summed E-state index contributed by atoms with van der Waals surface area (Å²) in [4.78, 5) is 30.0. The Balaban J connectivity index is 2.10. The summed E-state index contributed by atoms with van der Waals surface area (Å²) < 4.78 is 9.86. The number of aromatic nitrogens is 1. The van der Waals surface area contributed by atoms with E-state index in [2.05, 4.69) is 9.72 Å². The first-order valence-corrected chi connectivity index (χ1v) is 6.47. The van der Waals surface area contributed by atoms with Crippen LogP contribution in [-0.2, 0) is 19.7 Å². The monoisotopic (exact) mass is 276 g/mol. The van der Waals surface area contributed by atoms with Crippen molar-refractivity contribution in [1.29, 1.82) is 0 Å². The number of carbonyl (C=O) groups excluding carboxylic acids is 2. The third kappa shape index (κ3) is 1.64. The summed E-state index contributed by atoms with van der Waals surface area (Å²) in [7, 11) is 1.31. The molecule has 2 aliphatic rings. The molecule has 0 atom stereocenters. The Bertz CT molecular complexity index is 593. The van der Waals surface area contributed by atoms with E-state index in [1.165, 1.54) is 7.11 Å². The zero-order chi connectivity index (χ0) is 14.5. The number of rotatable bonds is 2. The standard InChI is InChI=1S/C14H16N2O4/c1-14(2)9-5-15-10(12(17)19-3)4-11(9)16(13(14)18)8-6-20-7-8/h4-5,8H,6-7H2,1-3H3. The topological polar surface area (TPSA) is 68.7 Å². The minimum atomic E-state index is -0.632. The SMILES string of the molecule is COC(=O)c1cc2c(cn1)C(C)(C)C(=O)N2C1COC1. The fraction of sp³-hybridized carbons (Fsp3) is 0.500. The number of amides is 1. The van der Waals surface area contributed by atoms with Gasteiger partial charge in [0.1, 0.15) is 5.69 Å². The molecule has 0 aromatic carbocycles. The molecule has 20 heavy (non-hydrogen) atoms. The van der Waals surface area contributed by atoms with E-state index in [4.69, 9.17) is 4.74 Å². The molecule has 6 heteroatoms. The number of methoxy groups -OCH3 is 1. The lowest BCUT2D eigenvalue weighted by atomic mass is 9.87. The van der Waals surface area contributed by atoms with Gasteiger partial charge in [0, 0.05) is 11.8 Å². The second-order valence-corrected chi connectivity index (χ2v) is 5.57. The highest BCUT2D eigenvalue weighted by molar-refractivity contribution is 6.08. The molecule has 0 unspecified atom stereocenters. The molecule has 0 spiro atoms. The van der Waals surface area contributed by atoms with E-state index in [0.717, 1.165) is 11.3 Å². The first-order chi connectivity index (χ1) is 9.46. The van der Waals surface area contributed by atoms with Crippen LogP contribution in [0.1, 0.15) is 29.9 Å². The molecule has 1 fully saturated rings. The van der Waals surface area contributed by atoms with Crippen molar-refractivity contribution in [2.75, 3.05) is 25.2 Å². The fourth-order valence-corrected chi connectivity index (χ4v) is 2.60. The molecular weight excluding hydrogens is 260 g/mol. The van der Waals surface area contributed by atoms with Crippen molar-refractivity contribution in [2.45, 2.75) is 25.3 Å². The molecule has 0 radical (unpaired) electrons. The van der Waals surface area contributed by atoms with Crippen molar-refractivity contribution in [3.05, 3.63) is 23.5 Å². The Morgan fingerprint density at radius 3 is 2.75 bits per heavy atom. The van der Waals surface area contributed by atoms with Gasteiger partial charge in [-0.15, -0.1) is 0 Å². The fourth-order valence-electron chi connectivity index (χ4n) is 2.60. The van der Waals surface area contributed by atoms with E-state index in [0.29, 0.717) is 13.2 Å². The predicted molar refractivity (Wildman–Crippen MR) is 70.7 cm³/mol. The maximum atomic E-state index is 12.6. The molecule has 1 amide bonds.